The number of likely N-dealkylation sites (N-methyl/N-ethyl adjacent to an activating group) is 1. The van der Waals surface area contributed by atoms with Gasteiger partial charge in [0.1, 0.15) is 0 Å². The third-order valence-corrected chi connectivity index (χ3v) is 3.00. The Balaban J connectivity index is 2.15. The number of hydrogen-bond donors (Lipinski definition) is 0. The Hall–Kier alpha value is -1.58. The van der Waals surface area contributed by atoms with E-state index < -0.39 is 0 Å². The number of pyridine rings is 1. The zero-order valence-electron chi connectivity index (χ0n) is 9.64. The number of likely N-dealkylation sites (tertiary alicyclic amines) is 1. The van der Waals surface area contributed by atoms with Gasteiger partial charge < -0.3 is 9.64 Å². The highest BCUT2D eigenvalue weighted by Crippen LogP contribution is 2.26. The molecule has 0 aromatic carbocycles. The third kappa shape index (κ3) is 2.15. The first kappa shape index (κ1) is 10.9. The number of carbonyl (C=O) groups excluding carboxylic acids is 1. The van der Waals surface area contributed by atoms with E-state index in [-0.39, 0.29) is 5.91 Å². The van der Waals surface area contributed by atoms with Crippen LogP contribution in [0.15, 0.2) is 18.2 Å². The lowest BCUT2D eigenvalue weighted by molar-refractivity contribution is -0.132. The Morgan fingerprint density at radius 1 is 1.50 bits per heavy atom. The van der Waals surface area contributed by atoms with E-state index in [0.717, 1.165) is 18.7 Å². The highest BCUT2D eigenvalue weighted by atomic mass is 16.5. The van der Waals surface area contributed by atoms with Crippen molar-refractivity contribution in [3.05, 3.63) is 23.9 Å². The van der Waals surface area contributed by atoms with Crippen LogP contribution in [0, 0.1) is 0 Å². The molecule has 0 radical (unpaired) electrons. The molecule has 1 atom stereocenters. The second-order valence-electron chi connectivity index (χ2n) is 4.11. The van der Waals surface area contributed by atoms with Crippen LogP contribution in [0.4, 0.5) is 0 Å². The molecule has 4 heteroatoms. The summed E-state index contributed by atoms with van der Waals surface area (Å²) in [5, 5.41) is 0. The summed E-state index contributed by atoms with van der Waals surface area (Å²) in [6.07, 6.45) is 1.49. The van der Waals surface area contributed by atoms with Crippen molar-refractivity contribution in [3.8, 4) is 5.88 Å². The van der Waals surface area contributed by atoms with Crippen LogP contribution in [0.5, 0.6) is 5.88 Å². The van der Waals surface area contributed by atoms with E-state index in [9.17, 15) is 4.79 Å². The first-order valence-electron chi connectivity index (χ1n) is 5.45. The molecule has 1 unspecified atom stereocenters. The second kappa shape index (κ2) is 4.51. The maximum Gasteiger partial charge on any atom is 0.222 e. The molecule has 2 heterocycles. The van der Waals surface area contributed by atoms with E-state index in [0.29, 0.717) is 18.2 Å². The smallest absolute Gasteiger partial charge is 0.222 e. The Labute approximate surface area is 95.2 Å². The molecule has 0 saturated carbocycles. The van der Waals surface area contributed by atoms with Gasteiger partial charge in [-0.15, -0.1) is 0 Å². The number of methoxy groups -OCH3 is 1. The molecule has 0 bridgehead atoms. The summed E-state index contributed by atoms with van der Waals surface area (Å²) in [5.41, 5.74) is 1.01. The molecular weight excluding hydrogens is 204 g/mol. The lowest BCUT2D eigenvalue weighted by atomic mass is 9.94. The van der Waals surface area contributed by atoms with Gasteiger partial charge in [-0.1, -0.05) is 6.07 Å². The molecule has 0 N–H and O–H groups in total. The lowest BCUT2D eigenvalue weighted by Gasteiger charge is -2.29. The minimum Gasteiger partial charge on any atom is -0.481 e. The van der Waals surface area contributed by atoms with Crippen LogP contribution in [-0.2, 0) is 4.79 Å². The molecule has 1 aliphatic rings. The normalized spacial score (nSPS) is 21.0. The fourth-order valence-electron chi connectivity index (χ4n) is 2.03. The van der Waals surface area contributed by atoms with Gasteiger partial charge in [0, 0.05) is 37.7 Å². The van der Waals surface area contributed by atoms with E-state index in [4.69, 9.17) is 4.74 Å². The van der Waals surface area contributed by atoms with Gasteiger partial charge in [0.25, 0.3) is 0 Å². The molecule has 1 amide bonds. The van der Waals surface area contributed by atoms with Crippen molar-refractivity contribution in [2.45, 2.75) is 18.8 Å². The first-order valence-corrected chi connectivity index (χ1v) is 5.45. The van der Waals surface area contributed by atoms with Crippen LogP contribution in [0.3, 0.4) is 0 Å². The van der Waals surface area contributed by atoms with Crippen LogP contribution < -0.4 is 4.74 Å². The average molecular weight is 220 g/mol. The lowest BCUT2D eigenvalue weighted by Crippen LogP contribution is -2.36. The summed E-state index contributed by atoms with van der Waals surface area (Å²) in [6, 6.07) is 5.77. The van der Waals surface area contributed by atoms with Crippen molar-refractivity contribution in [3.63, 3.8) is 0 Å². The van der Waals surface area contributed by atoms with E-state index in [2.05, 4.69) is 4.98 Å². The first-order chi connectivity index (χ1) is 7.70. The number of amides is 1. The molecule has 0 spiro atoms. The van der Waals surface area contributed by atoms with Gasteiger partial charge in [-0.3, -0.25) is 4.79 Å². The zero-order chi connectivity index (χ0) is 11.5. The largest absolute Gasteiger partial charge is 0.481 e. The van der Waals surface area contributed by atoms with Gasteiger partial charge in [0.2, 0.25) is 11.8 Å². The SMILES string of the molecule is COc1cccc(C2CCC(=O)N(C)C2)n1. The van der Waals surface area contributed by atoms with Crippen LogP contribution in [0.1, 0.15) is 24.5 Å². The second-order valence-corrected chi connectivity index (χ2v) is 4.11. The molecule has 1 aromatic heterocycles. The van der Waals surface area contributed by atoms with E-state index >= 15 is 0 Å². The monoisotopic (exact) mass is 220 g/mol. The van der Waals surface area contributed by atoms with Gasteiger partial charge in [0.05, 0.1) is 7.11 Å². The molecule has 2 rings (SSSR count). The van der Waals surface area contributed by atoms with Gasteiger partial charge in [-0.05, 0) is 12.5 Å². The summed E-state index contributed by atoms with van der Waals surface area (Å²) < 4.78 is 5.10. The molecule has 1 saturated heterocycles. The van der Waals surface area contributed by atoms with Crippen LogP contribution in [0.25, 0.3) is 0 Å². The van der Waals surface area contributed by atoms with Gasteiger partial charge in [0.15, 0.2) is 0 Å². The quantitative estimate of drug-likeness (QED) is 0.757. The maximum absolute atomic E-state index is 11.4. The summed E-state index contributed by atoms with van der Waals surface area (Å²) in [7, 11) is 3.46. The topological polar surface area (TPSA) is 42.4 Å². The molecule has 0 aliphatic carbocycles. The Morgan fingerprint density at radius 3 is 3.00 bits per heavy atom. The van der Waals surface area contributed by atoms with Crippen LogP contribution >= 0.6 is 0 Å². The fourth-order valence-corrected chi connectivity index (χ4v) is 2.03. The Bertz CT molecular complexity index is 392. The average Bonchev–Trinajstić information content (AvgIpc) is 2.33. The standard InChI is InChI=1S/C12H16N2O2/c1-14-8-9(6-7-12(14)15)10-4-3-5-11(13-10)16-2/h3-5,9H,6-8H2,1-2H3. The zero-order valence-corrected chi connectivity index (χ0v) is 9.64. The predicted octanol–water partition coefficient (Wildman–Crippen LogP) is 1.43. The van der Waals surface area contributed by atoms with Crippen LogP contribution in [0.2, 0.25) is 0 Å². The maximum atomic E-state index is 11.4. The van der Waals surface area contributed by atoms with Gasteiger partial charge in [-0.2, -0.15) is 0 Å². The molecule has 4 nitrogen and oxygen atoms in total. The van der Waals surface area contributed by atoms with Crippen molar-refractivity contribution in [2.24, 2.45) is 0 Å². The minimum atomic E-state index is 0.221. The van der Waals surface area contributed by atoms with Crippen molar-refractivity contribution >= 4 is 5.91 Å². The Kier molecular flexibility index (Phi) is 3.08. The van der Waals surface area contributed by atoms with Crippen molar-refractivity contribution in [1.82, 2.24) is 9.88 Å². The van der Waals surface area contributed by atoms with Crippen molar-refractivity contribution in [1.29, 1.82) is 0 Å². The molecular formula is C12H16N2O2. The van der Waals surface area contributed by atoms with Gasteiger partial charge >= 0.3 is 0 Å². The molecule has 1 aliphatic heterocycles. The highest BCUT2D eigenvalue weighted by Gasteiger charge is 2.24. The third-order valence-electron chi connectivity index (χ3n) is 3.00. The molecule has 1 aromatic rings. The number of ether oxygens (including phenoxy) is 1. The summed E-state index contributed by atoms with van der Waals surface area (Å²) in [4.78, 5) is 17.6. The van der Waals surface area contributed by atoms with E-state index in [1.165, 1.54) is 0 Å². The van der Waals surface area contributed by atoms with Gasteiger partial charge in [-0.25, -0.2) is 4.98 Å². The number of hydrogen-bond acceptors (Lipinski definition) is 3. The number of carbonyl (C=O) groups is 1. The van der Waals surface area contributed by atoms with E-state index in [1.807, 2.05) is 25.2 Å². The number of nitrogens with zero attached hydrogens (tertiary/aromatic N) is 2. The predicted molar refractivity (Wildman–Crippen MR) is 60.4 cm³/mol. The summed E-state index contributed by atoms with van der Waals surface area (Å²) in [5.74, 6) is 1.19. The number of aromatic nitrogens is 1. The van der Waals surface area contributed by atoms with Crippen molar-refractivity contribution < 1.29 is 9.53 Å². The van der Waals surface area contributed by atoms with Crippen LogP contribution in [-0.4, -0.2) is 36.5 Å². The number of piperidine rings is 1. The Morgan fingerprint density at radius 2 is 2.31 bits per heavy atom. The fraction of sp³-hybridized carbons (Fsp3) is 0.500. The minimum absolute atomic E-state index is 0.221. The molecule has 16 heavy (non-hydrogen) atoms. The van der Waals surface area contributed by atoms with Crippen molar-refractivity contribution in [2.75, 3.05) is 20.7 Å². The summed E-state index contributed by atoms with van der Waals surface area (Å²) in [6.45, 7) is 0.749. The molecule has 86 valence electrons. The van der Waals surface area contributed by atoms with E-state index in [1.54, 1.807) is 12.0 Å². The molecule has 1 fully saturated rings. The highest BCUT2D eigenvalue weighted by molar-refractivity contribution is 5.76. The number of rotatable bonds is 2. The summed E-state index contributed by atoms with van der Waals surface area (Å²) >= 11 is 0.